The van der Waals surface area contributed by atoms with E-state index in [1.165, 1.54) is 12.8 Å². The van der Waals surface area contributed by atoms with E-state index in [0.29, 0.717) is 26.0 Å². The van der Waals surface area contributed by atoms with E-state index in [1.54, 1.807) is 0 Å². The van der Waals surface area contributed by atoms with Crippen LogP contribution in [-0.4, -0.2) is 48.9 Å². The van der Waals surface area contributed by atoms with E-state index < -0.39 is 18.2 Å². The molecular weight excluding hydrogens is 238 g/mol. The maximum Gasteiger partial charge on any atom is 0.332 e. The fraction of sp³-hybridized carbons (Fsp3) is 0.833. The molecule has 0 aromatic heterocycles. The third-order valence-corrected chi connectivity index (χ3v) is 3.18. The Balaban J connectivity index is 1.55. The number of nitrogens with one attached hydrogen (secondary N) is 1. The van der Waals surface area contributed by atoms with E-state index >= 15 is 0 Å². The molecule has 2 atom stereocenters. The standard InChI is InChI=1S/C12H19NO5/c14-11(9-3-4-10(18-9)12(15)16)13-5-6-17-7-8-1-2-8/h8-10H,1-7H2,(H,13,14)(H,15,16). The first-order chi connectivity index (χ1) is 8.66. The summed E-state index contributed by atoms with van der Waals surface area (Å²) in [6.07, 6.45) is 1.89. The Kier molecular flexibility index (Phi) is 4.54. The average Bonchev–Trinajstić information content (AvgIpc) is 3.02. The van der Waals surface area contributed by atoms with Gasteiger partial charge in [0.05, 0.1) is 6.61 Å². The lowest BCUT2D eigenvalue weighted by Crippen LogP contribution is -2.37. The average molecular weight is 257 g/mol. The number of carbonyl (C=O) groups is 2. The number of hydrogen-bond donors (Lipinski definition) is 2. The number of carboxylic acids is 1. The van der Waals surface area contributed by atoms with Crippen molar-refractivity contribution in [1.82, 2.24) is 5.32 Å². The lowest BCUT2D eigenvalue weighted by molar-refractivity contribution is -0.151. The molecule has 1 aliphatic heterocycles. The highest BCUT2D eigenvalue weighted by Crippen LogP contribution is 2.28. The van der Waals surface area contributed by atoms with Gasteiger partial charge in [0.2, 0.25) is 5.91 Å². The maximum absolute atomic E-state index is 11.6. The molecule has 1 heterocycles. The van der Waals surface area contributed by atoms with Crippen LogP contribution in [0.1, 0.15) is 25.7 Å². The lowest BCUT2D eigenvalue weighted by atomic mass is 10.2. The predicted octanol–water partition coefficient (Wildman–Crippen LogP) is 0.161. The Morgan fingerprint density at radius 1 is 1.22 bits per heavy atom. The van der Waals surface area contributed by atoms with Crippen LogP contribution in [0.2, 0.25) is 0 Å². The molecule has 0 aromatic rings. The van der Waals surface area contributed by atoms with Crippen molar-refractivity contribution in [3.8, 4) is 0 Å². The smallest absolute Gasteiger partial charge is 0.332 e. The molecule has 2 N–H and O–H groups in total. The van der Waals surface area contributed by atoms with Gasteiger partial charge in [0, 0.05) is 13.2 Å². The highest BCUT2D eigenvalue weighted by atomic mass is 16.5. The van der Waals surface area contributed by atoms with Crippen molar-refractivity contribution in [2.45, 2.75) is 37.9 Å². The number of carbonyl (C=O) groups excluding carboxylic acids is 1. The number of carboxylic acid groups (broad SMARTS) is 1. The molecule has 2 fully saturated rings. The fourth-order valence-corrected chi connectivity index (χ4v) is 1.91. The van der Waals surface area contributed by atoms with Crippen molar-refractivity contribution in [3.63, 3.8) is 0 Å². The molecule has 102 valence electrons. The third-order valence-electron chi connectivity index (χ3n) is 3.18. The molecule has 2 unspecified atom stereocenters. The van der Waals surface area contributed by atoms with Crippen molar-refractivity contribution in [2.24, 2.45) is 5.92 Å². The Bertz CT molecular complexity index is 316. The zero-order valence-electron chi connectivity index (χ0n) is 10.3. The highest BCUT2D eigenvalue weighted by molar-refractivity contribution is 5.82. The van der Waals surface area contributed by atoms with Gasteiger partial charge in [0.1, 0.15) is 6.10 Å². The van der Waals surface area contributed by atoms with Gasteiger partial charge in [-0.25, -0.2) is 4.79 Å². The molecule has 0 spiro atoms. The van der Waals surface area contributed by atoms with Gasteiger partial charge in [-0.1, -0.05) is 0 Å². The minimum atomic E-state index is -1.00. The zero-order valence-corrected chi connectivity index (χ0v) is 10.3. The molecule has 0 radical (unpaired) electrons. The Morgan fingerprint density at radius 2 is 1.94 bits per heavy atom. The van der Waals surface area contributed by atoms with Crippen LogP contribution in [0.4, 0.5) is 0 Å². The largest absolute Gasteiger partial charge is 0.479 e. The first kappa shape index (κ1) is 13.3. The predicted molar refractivity (Wildman–Crippen MR) is 62.1 cm³/mol. The summed E-state index contributed by atoms with van der Waals surface area (Å²) in [7, 11) is 0. The summed E-state index contributed by atoms with van der Waals surface area (Å²) in [5.74, 6) is -0.526. The summed E-state index contributed by atoms with van der Waals surface area (Å²) >= 11 is 0. The van der Waals surface area contributed by atoms with Crippen molar-refractivity contribution < 1.29 is 24.2 Å². The topological polar surface area (TPSA) is 84.9 Å². The SMILES string of the molecule is O=C(O)C1CCC(C(=O)NCCOCC2CC2)O1. The number of aliphatic carboxylic acids is 1. The summed E-state index contributed by atoms with van der Waals surface area (Å²) < 4.78 is 10.5. The molecule has 2 aliphatic rings. The van der Waals surface area contributed by atoms with Gasteiger partial charge in [0.15, 0.2) is 6.10 Å². The van der Waals surface area contributed by atoms with Crippen LogP contribution >= 0.6 is 0 Å². The normalized spacial score (nSPS) is 27.1. The van der Waals surface area contributed by atoms with E-state index in [-0.39, 0.29) is 5.91 Å². The van der Waals surface area contributed by atoms with Crippen LogP contribution in [0.25, 0.3) is 0 Å². The van der Waals surface area contributed by atoms with Gasteiger partial charge in [0.25, 0.3) is 0 Å². The second kappa shape index (κ2) is 6.15. The van der Waals surface area contributed by atoms with Crippen molar-refractivity contribution in [2.75, 3.05) is 19.8 Å². The van der Waals surface area contributed by atoms with Crippen LogP contribution < -0.4 is 5.32 Å². The molecule has 1 amide bonds. The molecular formula is C12H19NO5. The lowest BCUT2D eigenvalue weighted by Gasteiger charge is -2.11. The van der Waals surface area contributed by atoms with Crippen LogP contribution in [0.5, 0.6) is 0 Å². The quantitative estimate of drug-likeness (QED) is 0.635. The number of amides is 1. The Hall–Kier alpha value is -1.14. The summed E-state index contributed by atoms with van der Waals surface area (Å²) in [6.45, 7) is 1.72. The molecule has 1 saturated heterocycles. The second-order valence-corrected chi connectivity index (χ2v) is 4.84. The highest BCUT2D eigenvalue weighted by Gasteiger charge is 2.34. The van der Waals surface area contributed by atoms with Crippen LogP contribution in [0.15, 0.2) is 0 Å². The minimum Gasteiger partial charge on any atom is -0.479 e. The monoisotopic (exact) mass is 257 g/mol. The van der Waals surface area contributed by atoms with Gasteiger partial charge in [-0.05, 0) is 31.6 Å². The van der Waals surface area contributed by atoms with Crippen LogP contribution in [-0.2, 0) is 19.1 Å². The fourth-order valence-electron chi connectivity index (χ4n) is 1.91. The van der Waals surface area contributed by atoms with E-state index in [2.05, 4.69) is 5.32 Å². The molecule has 6 heteroatoms. The summed E-state index contributed by atoms with van der Waals surface area (Å²) in [5, 5.41) is 11.4. The first-order valence-electron chi connectivity index (χ1n) is 6.40. The van der Waals surface area contributed by atoms with Gasteiger partial charge in [-0.15, -0.1) is 0 Å². The van der Waals surface area contributed by atoms with Crippen molar-refractivity contribution in [3.05, 3.63) is 0 Å². The van der Waals surface area contributed by atoms with E-state index in [4.69, 9.17) is 14.6 Å². The molecule has 1 aliphatic carbocycles. The number of ether oxygens (including phenoxy) is 2. The molecule has 1 saturated carbocycles. The molecule has 0 aromatic carbocycles. The molecule has 6 nitrogen and oxygen atoms in total. The van der Waals surface area contributed by atoms with Crippen LogP contribution in [0, 0.1) is 5.92 Å². The third kappa shape index (κ3) is 3.96. The molecule has 18 heavy (non-hydrogen) atoms. The van der Waals surface area contributed by atoms with Crippen LogP contribution in [0.3, 0.4) is 0 Å². The molecule has 2 rings (SSSR count). The maximum atomic E-state index is 11.6. The van der Waals surface area contributed by atoms with E-state index in [9.17, 15) is 9.59 Å². The second-order valence-electron chi connectivity index (χ2n) is 4.84. The Labute approximate surface area is 106 Å². The zero-order chi connectivity index (χ0) is 13.0. The van der Waals surface area contributed by atoms with Gasteiger partial charge in [-0.2, -0.15) is 0 Å². The minimum absolute atomic E-state index is 0.242. The van der Waals surface area contributed by atoms with Gasteiger partial charge in [-0.3, -0.25) is 4.79 Å². The number of hydrogen-bond acceptors (Lipinski definition) is 4. The van der Waals surface area contributed by atoms with E-state index in [1.807, 2.05) is 0 Å². The summed E-state index contributed by atoms with van der Waals surface area (Å²) in [5.41, 5.74) is 0. The number of rotatable bonds is 7. The van der Waals surface area contributed by atoms with Gasteiger partial charge < -0.3 is 19.9 Å². The molecule has 0 bridgehead atoms. The van der Waals surface area contributed by atoms with E-state index in [0.717, 1.165) is 12.5 Å². The summed E-state index contributed by atoms with van der Waals surface area (Å²) in [6, 6.07) is 0. The first-order valence-corrected chi connectivity index (χ1v) is 6.40. The van der Waals surface area contributed by atoms with Gasteiger partial charge >= 0.3 is 5.97 Å². The van der Waals surface area contributed by atoms with Crippen molar-refractivity contribution >= 4 is 11.9 Å². The van der Waals surface area contributed by atoms with Crippen molar-refractivity contribution in [1.29, 1.82) is 0 Å². The summed E-state index contributed by atoms with van der Waals surface area (Å²) in [4.78, 5) is 22.3. The Morgan fingerprint density at radius 3 is 2.56 bits per heavy atom.